The van der Waals surface area contributed by atoms with E-state index in [2.05, 4.69) is 22.2 Å². The molecule has 2 atom stereocenters. The lowest BCUT2D eigenvalue weighted by atomic mass is 9.79. The van der Waals surface area contributed by atoms with Crippen molar-refractivity contribution in [1.29, 1.82) is 0 Å². The zero-order valence-electron chi connectivity index (χ0n) is 20.6. The van der Waals surface area contributed by atoms with Crippen molar-refractivity contribution in [2.24, 2.45) is 11.8 Å². The quantitative estimate of drug-likeness (QED) is 0.669. The molecule has 182 valence electrons. The molecule has 8 heteroatoms. The zero-order chi connectivity index (χ0) is 23.4. The van der Waals surface area contributed by atoms with Gasteiger partial charge in [0.25, 0.3) is 5.91 Å². The number of rotatable bonds is 6. The van der Waals surface area contributed by atoms with Crippen LogP contribution in [-0.2, 0) is 9.53 Å². The van der Waals surface area contributed by atoms with Crippen molar-refractivity contribution in [2.45, 2.75) is 44.8 Å². The maximum Gasteiger partial charge on any atom is 0.252 e. The summed E-state index contributed by atoms with van der Waals surface area (Å²) in [5.74, 6) is 0.992. The van der Waals surface area contributed by atoms with E-state index in [9.17, 15) is 9.59 Å². The molecule has 4 rings (SSSR count). The SMILES string of the molecule is Cl.[2H]CO[C@H](C)[C@H](NC(=O)c1ccc2cc[nH]c2c1)C(=O)N1CCC(C2CCN(C)CC2)CC1. The number of H-pyrrole nitrogens is 1. The fourth-order valence-electron chi connectivity index (χ4n) is 5.18. The largest absolute Gasteiger partial charge is 0.379 e. The molecule has 7 nitrogen and oxygen atoms in total. The lowest BCUT2D eigenvalue weighted by Crippen LogP contribution is -2.55. The van der Waals surface area contributed by atoms with E-state index in [4.69, 9.17) is 6.11 Å². The molecule has 1 aromatic heterocycles. The minimum atomic E-state index is -0.818. The highest BCUT2D eigenvalue weighted by Gasteiger charge is 2.35. The number of piperidine rings is 2. The minimum absolute atomic E-state index is 0. The van der Waals surface area contributed by atoms with Crippen molar-refractivity contribution in [3.63, 3.8) is 0 Å². The number of nitrogens with one attached hydrogen (secondary N) is 2. The average Bonchev–Trinajstić information content (AvgIpc) is 3.31. The molecule has 0 bridgehead atoms. The Bertz CT molecular complexity index is 955. The number of carbonyl (C=O) groups is 2. The molecular weight excluding hydrogens is 440 g/mol. The van der Waals surface area contributed by atoms with Gasteiger partial charge in [0.2, 0.25) is 5.91 Å². The molecule has 0 unspecified atom stereocenters. The lowest BCUT2D eigenvalue weighted by molar-refractivity contribution is -0.138. The van der Waals surface area contributed by atoms with Crippen LogP contribution in [0.1, 0.15) is 44.3 Å². The fraction of sp³-hybridized carbons (Fsp3) is 0.600. The van der Waals surface area contributed by atoms with Crippen LogP contribution in [0.3, 0.4) is 0 Å². The number of fused-ring (bicyclic) bond motifs is 1. The molecule has 2 aromatic rings. The molecule has 2 N–H and O–H groups in total. The van der Waals surface area contributed by atoms with Gasteiger partial charge >= 0.3 is 0 Å². The molecule has 33 heavy (non-hydrogen) atoms. The first-order valence-corrected chi connectivity index (χ1v) is 11.7. The van der Waals surface area contributed by atoms with Gasteiger partial charge < -0.3 is 24.8 Å². The predicted octanol–water partition coefficient (Wildman–Crippen LogP) is 3.30. The van der Waals surface area contributed by atoms with Crippen molar-refractivity contribution in [1.82, 2.24) is 20.1 Å². The summed E-state index contributed by atoms with van der Waals surface area (Å²) >= 11 is 0. The summed E-state index contributed by atoms with van der Waals surface area (Å²) < 4.78 is 12.8. The van der Waals surface area contributed by atoms with Crippen molar-refractivity contribution in [3.8, 4) is 0 Å². The standard InChI is InChI=1S/C25H36N4O3.ClH/c1-17(32-3)23(27-24(30)21-5-4-20-6-11-26-22(20)16-21)25(31)29-14-9-19(10-15-29)18-7-12-28(2)13-8-18;/h4-6,11,16-19,23,26H,7-10,12-15H2,1-3H3,(H,27,30);1H/t17-,23+;/m1./s1/i3D;. The predicted molar refractivity (Wildman–Crippen MR) is 133 cm³/mol. The highest BCUT2D eigenvalue weighted by atomic mass is 35.5. The van der Waals surface area contributed by atoms with E-state index in [1.807, 2.05) is 23.2 Å². The van der Waals surface area contributed by atoms with Crippen molar-refractivity contribution in [3.05, 3.63) is 36.0 Å². The van der Waals surface area contributed by atoms with Gasteiger partial charge in [-0.05, 0) is 88.2 Å². The fourth-order valence-corrected chi connectivity index (χ4v) is 5.18. The highest BCUT2D eigenvalue weighted by Crippen LogP contribution is 2.32. The van der Waals surface area contributed by atoms with E-state index in [0.717, 1.165) is 42.8 Å². The number of benzene rings is 1. The Kier molecular flexibility index (Phi) is 8.28. The summed E-state index contributed by atoms with van der Waals surface area (Å²) in [6.45, 7) is 5.49. The molecule has 2 saturated heterocycles. The molecule has 2 fully saturated rings. The van der Waals surface area contributed by atoms with E-state index in [1.165, 1.54) is 12.8 Å². The second-order valence-corrected chi connectivity index (χ2v) is 9.41. The molecule has 2 aliphatic rings. The molecule has 0 spiro atoms. The third kappa shape index (κ3) is 5.89. The summed E-state index contributed by atoms with van der Waals surface area (Å²) in [5, 5.41) is 3.92. The second-order valence-electron chi connectivity index (χ2n) is 9.41. The number of methoxy groups -OCH3 is 1. The average molecular weight is 478 g/mol. The number of halogens is 1. The summed E-state index contributed by atoms with van der Waals surface area (Å²) in [7, 11) is 1.93. The highest BCUT2D eigenvalue weighted by molar-refractivity contribution is 6.00. The van der Waals surface area contributed by atoms with Gasteiger partial charge in [-0.3, -0.25) is 9.59 Å². The van der Waals surface area contributed by atoms with Crippen LogP contribution in [0.4, 0.5) is 0 Å². The Morgan fingerprint density at radius 1 is 1.12 bits per heavy atom. The number of nitrogens with zero attached hydrogens (tertiary/aromatic N) is 2. The smallest absolute Gasteiger partial charge is 0.252 e. The van der Waals surface area contributed by atoms with Crippen LogP contribution < -0.4 is 5.32 Å². The summed E-state index contributed by atoms with van der Waals surface area (Å²) in [5.41, 5.74) is 1.36. The summed E-state index contributed by atoms with van der Waals surface area (Å²) in [6.07, 6.45) is 5.76. The topological polar surface area (TPSA) is 77.7 Å². The molecule has 0 saturated carbocycles. The Balaban J connectivity index is 0.00000324. The Morgan fingerprint density at radius 3 is 2.45 bits per heavy atom. The Labute approximate surface area is 204 Å². The molecule has 3 heterocycles. The number of ether oxygens (including phenoxy) is 1. The van der Waals surface area contributed by atoms with Gasteiger partial charge in [0.15, 0.2) is 0 Å². The molecule has 2 amide bonds. The maximum absolute atomic E-state index is 13.4. The van der Waals surface area contributed by atoms with Crippen molar-refractivity contribution in [2.75, 3.05) is 40.3 Å². The van der Waals surface area contributed by atoms with E-state index in [1.54, 1.807) is 19.1 Å². The molecule has 0 aliphatic carbocycles. The number of amides is 2. The van der Waals surface area contributed by atoms with Crippen LogP contribution >= 0.6 is 12.4 Å². The number of carbonyl (C=O) groups excluding carboxylic acids is 2. The zero-order valence-corrected chi connectivity index (χ0v) is 20.4. The summed E-state index contributed by atoms with van der Waals surface area (Å²) in [4.78, 5) is 33.8. The van der Waals surface area contributed by atoms with Crippen LogP contribution in [0.2, 0.25) is 0 Å². The van der Waals surface area contributed by atoms with Crippen LogP contribution in [-0.4, -0.2) is 79.1 Å². The lowest BCUT2D eigenvalue weighted by Gasteiger charge is -2.40. The number of hydrogen-bond donors (Lipinski definition) is 2. The van der Waals surface area contributed by atoms with E-state index >= 15 is 0 Å². The third-order valence-electron chi connectivity index (χ3n) is 7.38. The monoisotopic (exact) mass is 477 g/mol. The van der Waals surface area contributed by atoms with Gasteiger partial charge in [-0.2, -0.15) is 0 Å². The van der Waals surface area contributed by atoms with Crippen LogP contribution in [0.15, 0.2) is 30.5 Å². The van der Waals surface area contributed by atoms with E-state index < -0.39 is 12.1 Å². The Morgan fingerprint density at radius 2 is 1.79 bits per heavy atom. The van der Waals surface area contributed by atoms with Gasteiger partial charge in [0.05, 0.1) is 7.47 Å². The van der Waals surface area contributed by atoms with E-state index in [-0.39, 0.29) is 31.3 Å². The van der Waals surface area contributed by atoms with Crippen LogP contribution in [0, 0.1) is 11.8 Å². The third-order valence-corrected chi connectivity index (χ3v) is 7.38. The van der Waals surface area contributed by atoms with Crippen molar-refractivity contribution >= 4 is 35.1 Å². The van der Waals surface area contributed by atoms with Gasteiger partial charge in [-0.1, -0.05) is 6.07 Å². The van der Waals surface area contributed by atoms with Gasteiger partial charge in [0.1, 0.15) is 6.04 Å². The number of aromatic amines is 1. The van der Waals surface area contributed by atoms with Crippen LogP contribution in [0.25, 0.3) is 10.9 Å². The normalized spacial score (nSPS) is 20.7. The molecular formula is C25H37ClN4O3. The van der Waals surface area contributed by atoms with Crippen LogP contribution in [0.5, 0.6) is 0 Å². The molecule has 0 radical (unpaired) electrons. The van der Waals surface area contributed by atoms with Gasteiger partial charge in [-0.15, -0.1) is 12.4 Å². The molecule has 1 aromatic carbocycles. The van der Waals surface area contributed by atoms with E-state index in [0.29, 0.717) is 24.6 Å². The maximum atomic E-state index is 13.4. The molecule has 2 aliphatic heterocycles. The number of likely N-dealkylation sites (tertiary alicyclic amines) is 2. The first kappa shape index (κ1) is 24.0. The van der Waals surface area contributed by atoms with Gasteiger partial charge in [-0.25, -0.2) is 0 Å². The van der Waals surface area contributed by atoms with Gasteiger partial charge in [0, 0.05) is 37.5 Å². The number of hydrogen-bond acceptors (Lipinski definition) is 4. The minimum Gasteiger partial charge on any atom is -0.379 e. The first-order chi connectivity index (χ1) is 16.0. The first-order valence-electron chi connectivity index (χ1n) is 12.4. The second kappa shape index (κ2) is 11.4. The Hall–Kier alpha value is -2.09. The summed E-state index contributed by atoms with van der Waals surface area (Å²) in [6, 6.07) is 6.56. The van der Waals surface area contributed by atoms with Crippen molar-refractivity contribution < 1.29 is 15.7 Å². The number of aromatic nitrogens is 1.